The molecule has 0 aliphatic heterocycles. The minimum absolute atomic E-state index is 0.350. The first-order chi connectivity index (χ1) is 28.0. The van der Waals surface area contributed by atoms with Crippen LogP contribution in [0.3, 0.4) is 0 Å². The second kappa shape index (κ2) is 45.9. The zero-order chi connectivity index (χ0) is 41.7. The summed E-state index contributed by atoms with van der Waals surface area (Å²) in [6.07, 6.45) is 53.7. The van der Waals surface area contributed by atoms with E-state index in [9.17, 15) is 25.2 Å². The molecule has 57 heavy (non-hydrogen) atoms. The smallest absolute Gasteiger partial charge is 0.249 e. The normalized spacial score (nSPS) is 14.1. The maximum Gasteiger partial charge on any atom is 0.249 e. The van der Waals surface area contributed by atoms with Crippen LogP contribution in [0.1, 0.15) is 264 Å². The van der Waals surface area contributed by atoms with Gasteiger partial charge >= 0.3 is 0 Å². The molecule has 4 atom stereocenters. The van der Waals surface area contributed by atoms with Crippen molar-refractivity contribution in [2.45, 2.75) is 289 Å². The summed E-state index contributed by atoms with van der Waals surface area (Å²) in [5, 5.41) is 43.8. The first-order valence-electron chi connectivity index (χ1n) is 25.2. The van der Waals surface area contributed by atoms with Crippen LogP contribution in [0, 0.1) is 0 Å². The van der Waals surface area contributed by atoms with Crippen LogP contribution in [-0.4, -0.2) is 57.3 Å². The maximum absolute atomic E-state index is 12.5. The van der Waals surface area contributed by atoms with Gasteiger partial charge in [-0.1, -0.05) is 224 Å². The molecule has 0 heterocycles. The number of hydrogen-bond acceptors (Lipinski definition) is 5. The van der Waals surface area contributed by atoms with Crippen molar-refractivity contribution in [2.75, 3.05) is 6.61 Å². The lowest BCUT2D eigenvalue weighted by Gasteiger charge is -2.27. The monoisotopic (exact) mass is 806 g/mol. The number of carbonyl (C=O) groups is 1. The van der Waals surface area contributed by atoms with Crippen molar-refractivity contribution in [1.82, 2.24) is 5.32 Å². The Kier molecular flexibility index (Phi) is 44.9. The van der Waals surface area contributed by atoms with E-state index < -0.39 is 36.9 Å². The Labute approximate surface area is 354 Å². The van der Waals surface area contributed by atoms with Gasteiger partial charge in [0.2, 0.25) is 5.91 Å². The van der Waals surface area contributed by atoms with Crippen LogP contribution in [0.15, 0.2) is 24.3 Å². The second-order valence-electron chi connectivity index (χ2n) is 17.5. The van der Waals surface area contributed by atoms with Crippen LogP contribution in [0.25, 0.3) is 0 Å². The quantitative estimate of drug-likeness (QED) is 0.0311. The summed E-state index contributed by atoms with van der Waals surface area (Å²) >= 11 is 0. The van der Waals surface area contributed by atoms with E-state index >= 15 is 0 Å². The van der Waals surface area contributed by atoms with E-state index in [0.717, 1.165) is 51.4 Å². The summed E-state index contributed by atoms with van der Waals surface area (Å²) in [6.45, 7) is 4.06. The number of carbonyl (C=O) groups excluding carboxylic acids is 1. The van der Waals surface area contributed by atoms with E-state index in [4.69, 9.17) is 0 Å². The summed E-state index contributed by atoms with van der Waals surface area (Å²) in [5.74, 6) is -0.600. The second-order valence-corrected chi connectivity index (χ2v) is 17.5. The van der Waals surface area contributed by atoms with Crippen molar-refractivity contribution in [3.8, 4) is 0 Å². The molecule has 0 aliphatic carbocycles. The molecule has 338 valence electrons. The minimum Gasteiger partial charge on any atom is -0.394 e. The van der Waals surface area contributed by atoms with Crippen LogP contribution in [0.5, 0.6) is 0 Å². The van der Waals surface area contributed by atoms with Crippen molar-refractivity contribution in [3.05, 3.63) is 24.3 Å². The average molecular weight is 806 g/mol. The predicted molar refractivity (Wildman–Crippen MR) is 247 cm³/mol. The van der Waals surface area contributed by atoms with E-state index in [1.165, 1.54) is 186 Å². The molecular formula is C51H99NO5. The van der Waals surface area contributed by atoms with Gasteiger partial charge in [0.15, 0.2) is 0 Å². The van der Waals surface area contributed by atoms with E-state index in [1.54, 1.807) is 0 Å². The zero-order valence-electron chi connectivity index (χ0n) is 38.1. The number of unbranched alkanes of at least 4 members (excludes halogenated alkanes) is 33. The van der Waals surface area contributed by atoms with Crippen molar-refractivity contribution in [3.63, 3.8) is 0 Å². The van der Waals surface area contributed by atoms with Crippen LogP contribution < -0.4 is 5.32 Å². The first kappa shape index (κ1) is 55.8. The van der Waals surface area contributed by atoms with E-state index in [0.29, 0.717) is 12.8 Å². The number of nitrogens with one attached hydrogen (secondary N) is 1. The van der Waals surface area contributed by atoms with Gasteiger partial charge in [-0.3, -0.25) is 4.79 Å². The third-order valence-corrected chi connectivity index (χ3v) is 11.9. The Morgan fingerprint density at radius 3 is 1.05 bits per heavy atom. The molecule has 1 amide bonds. The molecule has 0 saturated carbocycles. The third-order valence-electron chi connectivity index (χ3n) is 11.9. The van der Waals surface area contributed by atoms with Crippen molar-refractivity contribution in [1.29, 1.82) is 0 Å². The van der Waals surface area contributed by atoms with E-state index in [2.05, 4.69) is 43.5 Å². The average Bonchev–Trinajstić information content (AvgIpc) is 3.22. The largest absolute Gasteiger partial charge is 0.394 e. The van der Waals surface area contributed by atoms with Gasteiger partial charge in [0.05, 0.1) is 18.8 Å². The van der Waals surface area contributed by atoms with Crippen LogP contribution >= 0.6 is 0 Å². The van der Waals surface area contributed by atoms with Gasteiger partial charge in [-0.2, -0.15) is 0 Å². The highest BCUT2D eigenvalue weighted by molar-refractivity contribution is 5.80. The molecule has 0 aromatic carbocycles. The predicted octanol–water partition coefficient (Wildman–Crippen LogP) is 13.9. The molecule has 5 N–H and O–H groups in total. The van der Waals surface area contributed by atoms with Gasteiger partial charge in [0, 0.05) is 0 Å². The molecule has 0 aromatic heterocycles. The first-order valence-corrected chi connectivity index (χ1v) is 25.2. The highest BCUT2D eigenvalue weighted by atomic mass is 16.3. The molecule has 0 spiro atoms. The highest BCUT2D eigenvalue weighted by Crippen LogP contribution is 2.16. The summed E-state index contributed by atoms with van der Waals surface area (Å²) in [7, 11) is 0. The van der Waals surface area contributed by atoms with E-state index in [-0.39, 0.29) is 0 Å². The van der Waals surface area contributed by atoms with Crippen LogP contribution in [-0.2, 0) is 4.79 Å². The summed E-state index contributed by atoms with van der Waals surface area (Å²) < 4.78 is 0. The Morgan fingerprint density at radius 1 is 0.421 bits per heavy atom. The Bertz CT molecular complexity index is 863. The fraction of sp³-hybridized carbons (Fsp3) is 0.902. The number of amides is 1. The molecule has 6 nitrogen and oxygen atoms in total. The number of rotatable bonds is 46. The van der Waals surface area contributed by atoms with Crippen molar-refractivity contribution >= 4 is 5.91 Å². The summed E-state index contributed by atoms with van der Waals surface area (Å²) in [5.41, 5.74) is 0. The van der Waals surface area contributed by atoms with Gasteiger partial charge in [-0.25, -0.2) is 0 Å². The third kappa shape index (κ3) is 40.0. The molecular weight excluding hydrogens is 707 g/mol. The Morgan fingerprint density at radius 2 is 0.719 bits per heavy atom. The van der Waals surface area contributed by atoms with Crippen molar-refractivity contribution in [2.24, 2.45) is 0 Å². The molecule has 0 radical (unpaired) electrons. The minimum atomic E-state index is -1.28. The van der Waals surface area contributed by atoms with Gasteiger partial charge < -0.3 is 25.7 Å². The topological polar surface area (TPSA) is 110 Å². The number of hydrogen-bond donors (Lipinski definition) is 5. The SMILES string of the molecule is CCCCCCCCCCC/C=C\CCCCCCC(O)C(=O)NC(CO)C(O)C(O)CCC/C=C/CCCCCCCCCCCCCCCCCCCCC. The summed E-state index contributed by atoms with van der Waals surface area (Å²) in [4.78, 5) is 12.5. The molecule has 0 aliphatic rings. The summed E-state index contributed by atoms with van der Waals surface area (Å²) in [6, 6.07) is -1.01. The van der Waals surface area contributed by atoms with Crippen LogP contribution in [0.4, 0.5) is 0 Å². The maximum atomic E-state index is 12.5. The van der Waals surface area contributed by atoms with Gasteiger partial charge in [0.1, 0.15) is 12.2 Å². The van der Waals surface area contributed by atoms with Crippen LogP contribution in [0.2, 0.25) is 0 Å². The van der Waals surface area contributed by atoms with Gasteiger partial charge in [0.25, 0.3) is 0 Å². The molecule has 4 unspecified atom stereocenters. The molecule has 0 aromatic rings. The molecule has 0 fully saturated rings. The van der Waals surface area contributed by atoms with Gasteiger partial charge in [-0.05, 0) is 64.2 Å². The molecule has 0 rings (SSSR count). The lowest BCUT2D eigenvalue weighted by molar-refractivity contribution is -0.132. The van der Waals surface area contributed by atoms with E-state index in [1.807, 2.05) is 0 Å². The molecule has 6 heteroatoms. The molecule has 0 bridgehead atoms. The molecule has 0 saturated heterocycles. The highest BCUT2D eigenvalue weighted by Gasteiger charge is 2.28. The van der Waals surface area contributed by atoms with Crippen molar-refractivity contribution < 1.29 is 25.2 Å². The van der Waals surface area contributed by atoms with Gasteiger partial charge in [-0.15, -0.1) is 0 Å². The fourth-order valence-electron chi connectivity index (χ4n) is 7.87. The Hall–Kier alpha value is -1.21. The lowest BCUT2D eigenvalue weighted by atomic mass is 10.00. The zero-order valence-corrected chi connectivity index (χ0v) is 38.1. The Balaban J connectivity index is 3.71. The fourth-order valence-corrected chi connectivity index (χ4v) is 7.87. The number of aliphatic hydroxyl groups is 4. The standard InChI is InChI=1S/C51H99NO5/c1-3-5-7-9-11-13-15-17-19-21-22-23-24-25-26-27-29-30-32-34-36-38-40-42-44-48(54)50(56)47(46-53)52-51(57)49(55)45-43-41-39-37-35-33-31-28-20-18-16-14-12-10-8-6-4-2/h31,33,36,38,47-50,53-56H,3-30,32,34-35,37,39-46H2,1-2H3,(H,52,57)/b33-31-,38-36+. The lowest BCUT2D eigenvalue weighted by Crippen LogP contribution is -2.53. The number of aliphatic hydroxyl groups excluding tert-OH is 4. The number of allylic oxidation sites excluding steroid dienone is 4.